The van der Waals surface area contributed by atoms with Crippen LogP contribution in [0.1, 0.15) is 16.7 Å². The molecule has 1 rings (SSSR count). The molecule has 0 aliphatic rings. The van der Waals surface area contributed by atoms with Gasteiger partial charge < -0.3 is 10.8 Å². The number of benzene rings is 1. The highest BCUT2D eigenvalue weighted by Gasteiger charge is 2.74. The number of hydrogen-bond donors (Lipinski definition) is 2. The zero-order valence-corrected chi connectivity index (χ0v) is 10.0. The van der Waals surface area contributed by atoms with Crippen LogP contribution < -0.4 is 5.73 Å². The third-order valence-electron chi connectivity index (χ3n) is 2.81. The lowest BCUT2D eigenvalue weighted by Crippen LogP contribution is -2.51. The molecule has 0 aliphatic carbocycles. The maximum Gasteiger partial charge on any atom is 0.435 e. The van der Waals surface area contributed by atoms with Crippen LogP contribution in [-0.4, -0.2) is 17.5 Å². The minimum atomic E-state index is -6.22. The minimum Gasteiger partial charge on any atom is -0.399 e. The van der Waals surface area contributed by atoms with Crippen LogP contribution in [0.5, 0.6) is 0 Å². The summed E-state index contributed by atoms with van der Waals surface area (Å²) in [6.45, 7) is -0.0786. The van der Waals surface area contributed by atoms with E-state index in [1.54, 1.807) is 0 Å². The summed E-state index contributed by atoms with van der Waals surface area (Å²) in [4.78, 5) is 0. The highest BCUT2D eigenvalue weighted by Crippen LogP contribution is 2.54. The quantitative estimate of drug-likeness (QED) is 0.650. The fourth-order valence-corrected chi connectivity index (χ4v) is 1.69. The van der Waals surface area contributed by atoms with Crippen molar-refractivity contribution in [3.63, 3.8) is 0 Å². The molecule has 2 nitrogen and oxygen atoms in total. The predicted molar refractivity (Wildman–Crippen MR) is 56.4 cm³/mol. The molecule has 114 valence electrons. The van der Waals surface area contributed by atoms with Crippen LogP contribution >= 0.6 is 0 Å². The van der Waals surface area contributed by atoms with Gasteiger partial charge in [0, 0.05) is 11.3 Å². The standard InChI is InChI=1S/C11H10F7NO/c1-5-2-7(6(4-20)3-8(5)19)9(12,10(13,14)15)11(16,17)18/h2-3,20H,4,19H2,1H3. The molecule has 0 saturated carbocycles. The molecule has 0 fully saturated rings. The molecule has 1 aromatic carbocycles. The van der Waals surface area contributed by atoms with Gasteiger partial charge in [-0.25, -0.2) is 4.39 Å². The van der Waals surface area contributed by atoms with E-state index in [-0.39, 0.29) is 11.3 Å². The average Bonchev–Trinajstić information content (AvgIpc) is 2.28. The maximum absolute atomic E-state index is 13.9. The van der Waals surface area contributed by atoms with E-state index in [9.17, 15) is 30.7 Å². The number of anilines is 1. The zero-order valence-electron chi connectivity index (χ0n) is 10.0. The number of aliphatic hydroxyl groups is 1. The van der Waals surface area contributed by atoms with Gasteiger partial charge in [0.2, 0.25) is 0 Å². The van der Waals surface area contributed by atoms with Gasteiger partial charge in [-0.15, -0.1) is 0 Å². The van der Waals surface area contributed by atoms with Crippen LogP contribution in [0.25, 0.3) is 0 Å². The summed E-state index contributed by atoms with van der Waals surface area (Å²) in [6.07, 6.45) is -12.4. The highest BCUT2D eigenvalue weighted by atomic mass is 19.4. The molecule has 0 amide bonds. The summed E-state index contributed by atoms with van der Waals surface area (Å²) in [5.41, 5.74) is -3.12. The van der Waals surface area contributed by atoms with Gasteiger partial charge in [0.05, 0.1) is 6.61 Å². The van der Waals surface area contributed by atoms with Gasteiger partial charge in [0.15, 0.2) is 0 Å². The fraction of sp³-hybridized carbons (Fsp3) is 0.455. The van der Waals surface area contributed by atoms with Crippen LogP contribution in [0.3, 0.4) is 0 Å². The van der Waals surface area contributed by atoms with Crippen molar-refractivity contribution in [3.05, 3.63) is 28.8 Å². The molecule has 0 spiro atoms. The molecule has 9 heteroatoms. The molecule has 1 aromatic rings. The topological polar surface area (TPSA) is 46.2 Å². The van der Waals surface area contributed by atoms with Crippen molar-refractivity contribution in [2.75, 3.05) is 5.73 Å². The van der Waals surface area contributed by atoms with Gasteiger partial charge in [-0.2, -0.15) is 26.3 Å². The Hall–Kier alpha value is -1.51. The summed E-state index contributed by atoms with van der Waals surface area (Å²) in [5, 5.41) is 8.87. The van der Waals surface area contributed by atoms with E-state index in [4.69, 9.17) is 10.8 Å². The molecule has 0 heterocycles. The third-order valence-corrected chi connectivity index (χ3v) is 2.81. The maximum atomic E-state index is 13.9. The van der Waals surface area contributed by atoms with E-state index in [0.29, 0.717) is 12.1 Å². The number of alkyl halides is 7. The molecule has 0 bridgehead atoms. The number of nitrogens with two attached hydrogens (primary N) is 1. The van der Waals surface area contributed by atoms with E-state index in [1.165, 1.54) is 0 Å². The van der Waals surface area contributed by atoms with Gasteiger partial charge in [-0.05, 0) is 30.2 Å². The zero-order chi connectivity index (χ0) is 15.9. The van der Waals surface area contributed by atoms with Crippen LogP contribution in [0, 0.1) is 6.92 Å². The van der Waals surface area contributed by atoms with Gasteiger partial charge in [-0.1, -0.05) is 0 Å². The van der Waals surface area contributed by atoms with Crippen LogP contribution in [0.2, 0.25) is 0 Å². The van der Waals surface area contributed by atoms with Crippen LogP contribution in [-0.2, 0) is 12.3 Å². The fourth-order valence-electron chi connectivity index (χ4n) is 1.69. The van der Waals surface area contributed by atoms with Crippen LogP contribution in [0.4, 0.5) is 36.4 Å². The second-order valence-corrected chi connectivity index (χ2v) is 4.18. The van der Waals surface area contributed by atoms with Gasteiger partial charge in [0.25, 0.3) is 0 Å². The molecule has 0 radical (unpaired) electrons. The molecule has 0 saturated heterocycles. The van der Waals surface area contributed by atoms with E-state index < -0.39 is 35.8 Å². The Balaban J connectivity index is 3.72. The third kappa shape index (κ3) is 2.41. The van der Waals surface area contributed by atoms with Gasteiger partial charge in [0.1, 0.15) is 0 Å². The van der Waals surface area contributed by atoms with Crippen molar-refractivity contribution in [1.29, 1.82) is 0 Å². The van der Waals surface area contributed by atoms with Crippen molar-refractivity contribution in [2.24, 2.45) is 0 Å². The largest absolute Gasteiger partial charge is 0.435 e. The number of rotatable bonds is 2. The molecule has 0 aromatic heterocycles. The molecule has 0 aliphatic heterocycles. The number of halogens is 7. The lowest BCUT2D eigenvalue weighted by Gasteiger charge is -2.32. The summed E-state index contributed by atoms with van der Waals surface area (Å²) < 4.78 is 89.7. The van der Waals surface area contributed by atoms with Crippen molar-refractivity contribution in [2.45, 2.75) is 31.6 Å². The Labute approximate surface area is 109 Å². The second kappa shape index (κ2) is 4.80. The normalized spacial score (nSPS) is 13.7. The van der Waals surface area contributed by atoms with E-state index in [1.807, 2.05) is 0 Å². The monoisotopic (exact) mass is 305 g/mol. The molecule has 20 heavy (non-hydrogen) atoms. The predicted octanol–water partition coefficient (Wildman–Crippen LogP) is 3.36. The first kappa shape index (κ1) is 16.5. The van der Waals surface area contributed by atoms with E-state index in [2.05, 4.69) is 0 Å². The van der Waals surface area contributed by atoms with Crippen molar-refractivity contribution in [1.82, 2.24) is 0 Å². The second-order valence-electron chi connectivity index (χ2n) is 4.18. The number of hydrogen-bond acceptors (Lipinski definition) is 2. The Morgan fingerprint density at radius 1 is 1.00 bits per heavy atom. The first-order chi connectivity index (χ1) is 8.86. The summed E-state index contributed by atoms with van der Waals surface area (Å²) in [7, 11) is 0. The van der Waals surface area contributed by atoms with Gasteiger partial charge in [-0.3, -0.25) is 0 Å². The lowest BCUT2D eigenvalue weighted by molar-refractivity contribution is -0.349. The first-order valence-electron chi connectivity index (χ1n) is 5.19. The molecular weight excluding hydrogens is 295 g/mol. The Morgan fingerprint density at radius 2 is 1.45 bits per heavy atom. The number of aryl methyl sites for hydroxylation is 1. The smallest absolute Gasteiger partial charge is 0.399 e. The first-order valence-corrected chi connectivity index (χ1v) is 5.19. The highest BCUT2D eigenvalue weighted by molar-refractivity contribution is 5.53. The summed E-state index contributed by atoms with van der Waals surface area (Å²) >= 11 is 0. The average molecular weight is 305 g/mol. The van der Waals surface area contributed by atoms with Crippen molar-refractivity contribution >= 4 is 5.69 Å². The summed E-state index contributed by atoms with van der Waals surface area (Å²) in [5.74, 6) is 0. The molecule has 0 atom stereocenters. The minimum absolute atomic E-state index is 0.149. The lowest BCUT2D eigenvalue weighted by atomic mass is 9.88. The summed E-state index contributed by atoms with van der Waals surface area (Å²) in [6, 6.07) is 1.04. The molecule has 3 N–H and O–H groups in total. The van der Waals surface area contributed by atoms with Crippen molar-refractivity contribution < 1.29 is 35.8 Å². The molecular formula is C11H10F7NO. The Kier molecular flexibility index (Phi) is 3.97. The Bertz CT molecular complexity index is 493. The Morgan fingerprint density at radius 3 is 1.80 bits per heavy atom. The molecule has 0 unspecified atom stereocenters. The number of nitrogen functional groups attached to an aromatic ring is 1. The van der Waals surface area contributed by atoms with E-state index in [0.717, 1.165) is 6.92 Å². The van der Waals surface area contributed by atoms with E-state index >= 15 is 0 Å². The van der Waals surface area contributed by atoms with Crippen molar-refractivity contribution in [3.8, 4) is 0 Å². The SMILES string of the molecule is Cc1cc(C(F)(C(F)(F)F)C(F)(F)F)c(CO)cc1N. The number of aliphatic hydroxyl groups excluding tert-OH is 1. The van der Waals surface area contributed by atoms with Gasteiger partial charge >= 0.3 is 18.0 Å². The van der Waals surface area contributed by atoms with Crippen LogP contribution in [0.15, 0.2) is 12.1 Å².